The van der Waals surface area contributed by atoms with Crippen molar-refractivity contribution in [3.05, 3.63) is 51.5 Å². The van der Waals surface area contributed by atoms with Gasteiger partial charge in [-0.15, -0.1) is 11.3 Å². The van der Waals surface area contributed by atoms with Gasteiger partial charge < -0.3 is 5.32 Å². The van der Waals surface area contributed by atoms with Crippen molar-refractivity contribution in [2.45, 2.75) is 45.6 Å². The Bertz CT molecular complexity index is 659. The molecule has 1 unspecified atom stereocenters. The van der Waals surface area contributed by atoms with Gasteiger partial charge in [-0.2, -0.15) is 0 Å². The summed E-state index contributed by atoms with van der Waals surface area (Å²) in [6.07, 6.45) is 2.39. The first kappa shape index (κ1) is 15.2. The summed E-state index contributed by atoms with van der Waals surface area (Å²) in [7, 11) is 0. The van der Waals surface area contributed by atoms with Crippen molar-refractivity contribution in [2.75, 3.05) is 0 Å². The molecule has 22 heavy (non-hydrogen) atoms. The Balaban J connectivity index is 1.80. The Kier molecular flexibility index (Phi) is 4.30. The Labute approximate surface area is 135 Å². The van der Waals surface area contributed by atoms with Crippen LogP contribution in [0.2, 0.25) is 0 Å². The lowest BCUT2D eigenvalue weighted by molar-refractivity contribution is 0.0935. The molecule has 1 aliphatic carbocycles. The van der Waals surface area contributed by atoms with Gasteiger partial charge in [-0.1, -0.05) is 44.2 Å². The third-order valence-electron chi connectivity index (χ3n) is 4.05. The molecule has 2 aromatic rings. The highest BCUT2D eigenvalue weighted by Crippen LogP contribution is 2.41. The predicted molar refractivity (Wildman–Crippen MR) is 90.3 cm³/mol. The number of aromatic nitrogens is 1. The average Bonchev–Trinajstić information content (AvgIpc) is 3.27. The fourth-order valence-corrected chi connectivity index (χ4v) is 3.62. The molecule has 1 N–H and O–H groups in total. The van der Waals surface area contributed by atoms with E-state index in [0.29, 0.717) is 11.8 Å². The van der Waals surface area contributed by atoms with Crippen LogP contribution in [0.25, 0.3) is 0 Å². The topological polar surface area (TPSA) is 42.0 Å². The number of aryl methyl sites for hydroxylation is 1. The van der Waals surface area contributed by atoms with Crippen molar-refractivity contribution in [1.29, 1.82) is 0 Å². The van der Waals surface area contributed by atoms with Crippen LogP contribution in [0.1, 0.15) is 64.6 Å². The highest BCUT2D eigenvalue weighted by molar-refractivity contribution is 7.13. The number of rotatable bonds is 5. The highest BCUT2D eigenvalue weighted by atomic mass is 32.1. The molecule has 1 aromatic carbocycles. The lowest BCUT2D eigenvalue weighted by Gasteiger charge is -2.18. The van der Waals surface area contributed by atoms with Crippen LogP contribution in [-0.4, -0.2) is 10.9 Å². The first-order valence-corrected chi connectivity index (χ1v) is 8.71. The quantitative estimate of drug-likeness (QED) is 0.885. The van der Waals surface area contributed by atoms with Gasteiger partial charge in [0, 0.05) is 5.92 Å². The minimum absolute atomic E-state index is 0.0163. The minimum atomic E-state index is 0.0163. The molecule has 0 bridgehead atoms. The van der Waals surface area contributed by atoms with E-state index >= 15 is 0 Å². The fraction of sp³-hybridized carbons (Fsp3) is 0.444. The van der Waals surface area contributed by atoms with Gasteiger partial charge in [-0.3, -0.25) is 4.79 Å². The molecule has 1 amide bonds. The zero-order chi connectivity index (χ0) is 15.7. The molecule has 116 valence electrons. The molecule has 1 saturated carbocycles. The Hall–Kier alpha value is -1.68. The number of nitrogens with one attached hydrogen (secondary N) is 1. The second-order valence-corrected chi connectivity index (χ2v) is 7.35. The van der Waals surface area contributed by atoms with Gasteiger partial charge in [0.25, 0.3) is 5.91 Å². The van der Waals surface area contributed by atoms with Crippen molar-refractivity contribution in [2.24, 2.45) is 5.92 Å². The van der Waals surface area contributed by atoms with E-state index in [9.17, 15) is 4.79 Å². The van der Waals surface area contributed by atoms with E-state index in [1.165, 1.54) is 29.7 Å². The van der Waals surface area contributed by atoms with Gasteiger partial charge in [0.05, 0.1) is 16.7 Å². The Morgan fingerprint density at radius 3 is 2.50 bits per heavy atom. The third kappa shape index (κ3) is 3.22. The zero-order valence-electron chi connectivity index (χ0n) is 13.3. The Morgan fingerprint density at radius 1 is 1.27 bits per heavy atom. The second-order valence-electron chi connectivity index (χ2n) is 6.32. The van der Waals surface area contributed by atoms with Gasteiger partial charge in [0.15, 0.2) is 0 Å². The Morgan fingerprint density at radius 2 is 1.95 bits per heavy atom. The molecule has 3 nitrogen and oxygen atoms in total. The summed E-state index contributed by atoms with van der Waals surface area (Å²) >= 11 is 1.52. The van der Waals surface area contributed by atoms with Gasteiger partial charge in [0.2, 0.25) is 0 Å². The third-order valence-corrected chi connectivity index (χ3v) is 5.51. The molecule has 0 spiro atoms. The van der Waals surface area contributed by atoms with Crippen LogP contribution < -0.4 is 5.32 Å². The van der Waals surface area contributed by atoms with E-state index in [4.69, 9.17) is 0 Å². The summed E-state index contributed by atoms with van der Waals surface area (Å²) in [4.78, 5) is 18.0. The molecule has 1 heterocycles. The van der Waals surface area contributed by atoms with Gasteiger partial charge >= 0.3 is 0 Å². The van der Waals surface area contributed by atoms with Crippen LogP contribution in [0.3, 0.4) is 0 Å². The SMILES string of the molecule is Cc1nc(C(C)C)sc1C(=O)NC(c1ccccc1)C1CC1. The second kappa shape index (κ2) is 6.21. The molecule has 1 fully saturated rings. The maximum atomic E-state index is 12.7. The number of nitrogens with zero attached hydrogens (tertiary/aromatic N) is 1. The molecule has 0 saturated heterocycles. The number of thiazole rings is 1. The van der Waals surface area contributed by atoms with E-state index in [1.54, 1.807) is 0 Å². The molecule has 1 atom stereocenters. The smallest absolute Gasteiger partial charge is 0.263 e. The summed E-state index contributed by atoms with van der Waals surface area (Å²) in [5, 5.41) is 4.27. The molecule has 1 aromatic heterocycles. The summed E-state index contributed by atoms with van der Waals surface area (Å²) < 4.78 is 0. The molecule has 0 radical (unpaired) electrons. The first-order chi connectivity index (χ1) is 10.6. The van der Waals surface area contributed by atoms with E-state index < -0.39 is 0 Å². The number of carbonyl (C=O) groups excluding carboxylic acids is 1. The van der Waals surface area contributed by atoms with Crippen LogP contribution in [0.5, 0.6) is 0 Å². The van der Waals surface area contributed by atoms with E-state index in [1.807, 2.05) is 25.1 Å². The standard InChI is InChI=1S/C18H22N2OS/c1-11(2)18-19-12(3)16(22-18)17(21)20-15(14-9-10-14)13-7-5-4-6-8-13/h4-8,11,14-15H,9-10H2,1-3H3,(H,20,21). The van der Waals surface area contributed by atoms with Crippen molar-refractivity contribution in [1.82, 2.24) is 10.3 Å². The fourth-order valence-electron chi connectivity index (χ4n) is 2.64. The highest BCUT2D eigenvalue weighted by Gasteiger charge is 2.34. The summed E-state index contributed by atoms with van der Waals surface area (Å²) in [5.41, 5.74) is 2.04. The minimum Gasteiger partial charge on any atom is -0.344 e. The molecule has 3 rings (SSSR count). The number of hydrogen-bond acceptors (Lipinski definition) is 3. The molecule has 4 heteroatoms. The van der Waals surface area contributed by atoms with Crippen molar-refractivity contribution in [3.8, 4) is 0 Å². The summed E-state index contributed by atoms with van der Waals surface area (Å²) in [6.45, 7) is 6.14. The van der Waals surface area contributed by atoms with Crippen LogP contribution in [0, 0.1) is 12.8 Å². The summed E-state index contributed by atoms with van der Waals surface area (Å²) in [6, 6.07) is 10.4. The lowest BCUT2D eigenvalue weighted by atomic mass is 10.0. The van der Waals surface area contributed by atoms with Gasteiger partial charge in [-0.05, 0) is 31.2 Å². The van der Waals surface area contributed by atoms with Crippen molar-refractivity contribution in [3.63, 3.8) is 0 Å². The maximum Gasteiger partial charge on any atom is 0.263 e. The monoisotopic (exact) mass is 314 g/mol. The van der Waals surface area contributed by atoms with Gasteiger partial charge in [0.1, 0.15) is 4.88 Å². The molecule has 1 aliphatic rings. The molecule has 0 aliphatic heterocycles. The molecular weight excluding hydrogens is 292 g/mol. The first-order valence-electron chi connectivity index (χ1n) is 7.89. The number of hydrogen-bond donors (Lipinski definition) is 1. The van der Waals surface area contributed by atoms with Gasteiger partial charge in [-0.25, -0.2) is 4.98 Å². The largest absolute Gasteiger partial charge is 0.344 e. The van der Waals surface area contributed by atoms with Crippen molar-refractivity contribution >= 4 is 17.2 Å². The maximum absolute atomic E-state index is 12.7. The number of benzene rings is 1. The van der Waals surface area contributed by atoms with E-state index in [0.717, 1.165) is 15.6 Å². The predicted octanol–water partition coefficient (Wildman–Crippen LogP) is 4.46. The molecular formula is C18H22N2OS. The van der Waals surface area contributed by atoms with Crippen LogP contribution in [0.15, 0.2) is 30.3 Å². The normalized spacial score (nSPS) is 15.8. The number of amides is 1. The van der Waals surface area contributed by atoms with Crippen molar-refractivity contribution < 1.29 is 4.79 Å². The van der Waals surface area contributed by atoms with Crippen LogP contribution >= 0.6 is 11.3 Å². The van der Waals surface area contributed by atoms with Crippen LogP contribution in [0.4, 0.5) is 0 Å². The average molecular weight is 314 g/mol. The zero-order valence-corrected chi connectivity index (χ0v) is 14.1. The number of carbonyl (C=O) groups is 1. The van der Waals surface area contributed by atoms with E-state index in [-0.39, 0.29) is 11.9 Å². The van der Waals surface area contributed by atoms with E-state index in [2.05, 4.69) is 36.3 Å². The summed E-state index contributed by atoms with van der Waals surface area (Å²) in [5.74, 6) is 0.949. The van der Waals surface area contributed by atoms with Crippen LogP contribution in [-0.2, 0) is 0 Å². The lowest BCUT2D eigenvalue weighted by Crippen LogP contribution is -2.29.